The molecule has 0 heterocycles. The van der Waals surface area contributed by atoms with Gasteiger partial charge in [-0.1, -0.05) is 12.1 Å². The molecular formula is C19H18FNO3. The number of carboxylic acids is 1. The highest BCUT2D eigenvalue weighted by Gasteiger charge is 2.27. The summed E-state index contributed by atoms with van der Waals surface area (Å²) in [5.41, 5.74) is 1.48. The van der Waals surface area contributed by atoms with Gasteiger partial charge < -0.3 is 10.0 Å². The van der Waals surface area contributed by atoms with Crippen LogP contribution >= 0.6 is 0 Å². The van der Waals surface area contributed by atoms with Crippen LogP contribution in [0.3, 0.4) is 0 Å². The number of rotatable bonds is 6. The Morgan fingerprint density at radius 1 is 1.00 bits per heavy atom. The maximum Gasteiger partial charge on any atom is 0.335 e. The van der Waals surface area contributed by atoms with Crippen LogP contribution in [-0.2, 0) is 6.54 Å². The van der Waals surface area contributed by atoms with E-state index in [-0.39, 0.29) is 17.3 Å². The van der Waals surface area contributed by atoms with E-state index in [0.717, 1.165) is 18.4 Å². The van der Waals surface area contributed by atoms with Crippen molar-refractivity contribution >= 4 is 11.9 Å². The van der Waals surface area contributed by atoms with Gasteiger partial charge >= 0.3 is 5.97 Å². The molecule has 1 saturated carbocycles. The van der Waals surface area contributed by atoms with Crippen LogP contribution in [0, 0.1) is 11.7 Å². The van der Waals surface area contributed by atoms with Crippen LogP contribution in [-0.4, -0.2) is 28.4 Å². The zero-order valence-electron chi connectivity index (χ0n) is 13.1. The van der Waals surface area contributed by atoms with Crippen LogP contribution in [0.4, 0.5) is 4.39 Å². The van der Waals surface area contributed by atoms with Crippen molar-refractivity contribution in [3.8, 4) is 0 Å². The van der Waals surface area contributed by atoms with Crippen LogP contribution in [0.25, 0.3) is 0 Å². The van der Waals surface area contributed by atoms with Gasteiger partial charge in [0.1, 0.15) is 5.82 Å². The van der Waals surface area contributed by atoms with E-state index >= 15 is 0 Å². The maximum atomic E-state index is 13.0. The number of aromatic carboxylic acids is 1. The second-order valence-electron chi connectivity index (χ2n) is 6.14. The summed E-state index contributed by atoms with van der Waals surface area (Å²) in [6.07, 6.45) is 2.23. The third kappa shape index (κ3) is 3.98. The first kappa shape index (κ1) is 16.2. The summed E-state index contributed by atoms with van der Waals surface area (Å²) >= 11 is 0. The van der Waals surface area contributed by atoms with Gasteiger partial charge in [-0.15, -0.1) is 0 Å². The molecule has 2 aromatic carbocycles. The highest BCUT2D eigenvalue weighted by atomic mass is 19.1. The predicted molar refractivity (Wildman–Crippen MR) is 87.3 cm³/mol. The first-order chi connectivity index (χ1) is 11.5. The Labute approximate surface area is 139 Å². The molecule has 0 bridgehead atoms. The molecule has 2 aromatic rings. The van der Waals surface area contributed by atoms with E-state index in [0.29, 0.717) is 24.6 Å². The fourth-order valence-corrected chi connectivity index (χ4v) is 2.58. The molecule has 0 unspecified atom stereocenters. The lowest BCUT2D eigenvalue weighted by Crippen LogP contribution is -2.32. The largest absolute Gasteiger partial charge is 0.478 e. The SMILES string of the molecule is O=C(O)c1ccc(C(=O)N(Cc2ccc(F)cc2)CC2CC2)cc1. The normalized spacial score (nSPS) is 13.5. The summed E-state index contributed by atoms with van der Waals surface area (Å²) in [7, 11) is 0. The maximum absolute atomic E-state index is 13.0. The molecule has 1 fully saturated rings. The Bertz CT molecular complexity index is 736. The van der Waals surface area contributed by atoms with Crippen LogP contribution < -0.4 is 0 Å². The average molecular weight is 327 g/mol. The Morgan fingerprint density at radius 2 is 1.58 bits per heavy atom. The van der Waals surface area contributed by atoms with E-state index in [4.69, 9.17) is 5.11 Å². The van der Waals surface area contributed by atoms with E-state index in [1.807, 2.05) is 0 Å². The topological polar surface area (TPSA) is 57.6 Å². The van der Waals surface area contributed by atoms with Crippen LogP contribution in [0.2, 0.25) is 0 Å². The highest BCUT2D eigenvalue weighted by molar-refractivity contribution is 5.95. The second-order valence-corrected chi connectivity index (χ2v) is 6.14. The predicted octanol–water partition coefficient (Wildman–Crippen LogP) is 3.58. The number of halogens is 1. The zero-order valence-corrected chi connectivity index (χ0v) is 13.1. The van der Waals surface area contributed by atoms with Gasteiger partial charge in [-0.2, -0.15) is 0 Å². The molecular weight excluding hydrogens is 309 g/mol. The van der Waals surface area contributed by atoms with Gasteiger partial charge in [0.15, 0.2) is 0 Å². The second kappa shape index (κ2) is 6.83. The molecule has 0 aliphatic heterocycles. The molecule has 1 aliphatic rings. The summed E-state index contributed by atoms with van der Waals surface area (Å²) in [5, 5.41) is 8.94. The third-order valence-electron chi connectivity index (χ3n) is 4.13. The number of benzene rings is 2. The van der Waals surface area contributed by atoms with Crippen molar-refractivity contribution in [2.45, 2.75) is 19.4 Å². The number of carboxylic acid groups (broad SMARTS) is 1. The Morgan fingerprint density at radius 3 is 2.12 bits per heavy atom. The van der Waals surface area contributed by atoms with Crippen molar-refractivity contribution in [2.24, 2.45) is 5.92 Å². The summed E-state index contributed by atoms with van der Waals surface area (Å²) in [6, 6.07) is 12.1. The lowest BCUT2D eigenvalue weighted by atomic mass is 10.1. The molecule has 24 heavy (non-hydrogen) atoms. The van der Waals surface area contributed by atoms with Gasteiger partial charge in [-0.05, 0) is 60.7 Å². The van der Waals surface area contributed by atoms with Crippen molar-refractivity contribution < 1.29 is 19.1 Å². The molecule has 3 rings (SSSR count). The molecule has 0 atom stereocenters. The Hall–Kier alpha value is -2.69. The van der Waals surface area contributed by atoms with Crippen molar-refractivity contribution in [3.05, 3.63) is 71.0 Å². The molecule has 0 spiro atoms. The quantitative estimate of drug-likeness (QED) is 0.882. The molecule has 5 heteroatoms. The van der Waals surface area contributed by atoms with Crippen LogP contribution in [0.15, 0.2) is 48.5 Å². The first-order valence-electron chi connectivity index (χ1n) is 7.90. The van der Waals surface area contributed by atoms with Gasteiger partial charge in [-0.3, -0.25) is 4.79 Å². The van der Waals surface area contributed by atoms with Gasteiger partial charge in [0.2, 0.25) is 0 Å². The molecule has 0 saturated heterocycles. The Kier molecular flexibility index (Phi) is 4.60. The first-order valence-corrected chi connectivity index (χ1v) is 7.90. The smallest absolute Gasteiger partial charge is 0.335 e. The van der Waals surface area contributed by atoms with Crippen molar-refractivity contribution in [1.82, 2.24) is 4.90 Å². The van der Waals surface area contributed by atoms with Crippen molar-refractivity contribution in [1.29, 1.82) is 0 Å². The lowest BCUT2D eigenvalue weighted by Gasteiger charge is -2.23. The third-order valence-corrected chi connectivity index (χ3v) is 4.13. The van der Waals surface area contributed by atoms with Gasteiger partial charge in [0.05, 0.1) is 5.56 Å². The van der Waals surface area contributed by atoms with E-state index in [9.17, 15) is 14.0 Å². The molecule has 124 valence electrons. The number of hydrogen-bond donors (Lipinski definition) is 1. The van der Waals surface area contributed by atoms with Crippen LogP contribution in [0.5, 0.6) is 0 Å². The molecule has 1 N–H and O–H groups in total. The summed E-state index contributed by atoms with van der Waals surface area (Å²) < 4.78 is 13.0. The number of amides is 1. The molecule has 1 amide bonds. The van der Waals surface area contributed by atoms with Crippen LogP contribution in [0.1, 0.15) is 39.1 Å². The van der Waals surface area contributed by atoms with Gasteiger partial charge in [0, 0.05) is 18.7 Å². The minimum absolute atomic E-state index is 0.136. The average Bonchev–Trinajstić information content (AvgIpc) is 3.40. The van der Waals surface area contributed by atoms with E-state index in [1.165, 1.54) is 36.4 Å². The zero-order chi connectivity index (χ0) is 17.1. The standard InChI is InChI=1S/C19H18FNO3/c20-17-9-3-14(4-10-17)12-21(11-13-1-2-13)18(22)15-5-7-16(8-6-15)19(23)24/h3-10,13H,1-2,11-12H2,(H,23,24). The molecule has 1 aliphatic carbocycles. The summed E-state index contributed by atoms with van der Waals surface area (Å²) in [4.78, 5) is 25.4. The summed E-state index contributed by atoms with van der Waals surface area (Å²) in [6.45, 7) is 1.08. The number of hydrogen-bond acceptors (Lipinski definition) is 2. The van der Waals surface area contributed by atoms with Crippen molar-refractivity contribution in [3.63, 3.8) is 0 Å². The monoisotopic (exact) mass is 327 g/mol. The fraction of sp³-hybridized carbons (Fsp3) is 0.263. The van der Waals surface area contributed by atoms with E-state index in [1.54, 1.807) is 17.0 Å². The summed E-state index contributed by atoms with van der Waals surface area (Å²) in [5.74, 6) is -0.936. The lowest BCUT2D eigenvalue weighted by molar-refractivity contribution is 0.0692. The van der Waals surface area contributed by atoms with Gasteiger partial charge in [-0.25, -0.2) is 9.18 Å². The fourth-order valence-electron chi connectivity index (χ4n) is 2.58. The highest BCUT2D eigenvalue weighted by Crippen LogP contribution is 2.30. The number of nitrogens with zero attached hydrogens (tertiary/aromatic N) is 1. The van der Waals surface area contributed by atoms with Gasteiger partial charge in [0.25, 0.3) is 5.91 Å². The minimum Gasteiger partial charge on any atom is -0.478 e. The number of carbonyl (C=O) groups is 2. The number of carbonyl (C=O) groups excluding carboxylic acids is 1. The molecule has 0 radical (unpaired) electrons. The van der Waals surface area contributed by atoms with Crippen molar-refractivity contribution in [2.75, 3.05) is 6.54 Å². The Balaban J connectivity index is 1.77. The van der Waals surface area contributed by atoms with E-state index in [2.05, 4.69) is 0 Å². The molecule has 4 nitrogen and oxygen atoms in total. The minimum atomic E-state index is -1.02. The molecule has 0 aromatic heterocycles. The van der Waals surface area contributed by atoms with E-state index < -0.39 is 5.97 Å².